The number of hydrogen-bond donors (Lipinski definition) is 1. The van der Waals surface area contributed by atoms with Gasteiger partial charge in [-0.25, -0.2) is 0 Å². The molecule has 0 saturated heterocycles. The molecule has 0 bridgehead atoms. The van der Waals surface area contributed by atoms with Crippen molar-refractivity contribution in [2.24, 2.45) is 0 Å². The molecule has 0 radical (unpaired) electrons. The van der Waals surface area contributed by atoms with Gasteiger partial charge in [-0.3, -0.25) is 4.98 Å². The number of pyridine rings is 1. The van der Waals surface area contributed by atoms with E-state index in [2.05, 4.69) is 27.8 Å². The standard InChI is InChI=1S/C9H12BrNO/c1-2-3-9(12)7-4-5-11-6-8(7)10/h4-6,9,12H,2-3H2,1H3. The molecule has 0 spiro atoms. The van der Waals surface area contributed by atoms with E-state index in [1.807, 2.05) is 6.07 Å². The molecule has 1 atom stereocenters. The van der Waals surface area contributed by atoms with E-state index in [0.717, 1.165) is 22.9 Å². The minimum Gasteiger partial charge on any atom is -0.388 e. The first-order valence-electron chi connectivity index (χ1n) is 4.03. The zero-order valence-electron chi connectivity index (χ0n) is 7.00. The smallest absolute Gasteiger partial charge is 0.0802 e. The highest BCUT2D eigenvalue weighted by atomic mass is 79.9. The highest BCUT2D eigenvalue weighted by Gasteiger charge is 2.08. The summed E-state index contributed by atoms with van der Waals surface area (Å²) in [6.45, 7) is 2.05. The van der Waals surface area contributed by atoms with Gasteiger partial charge in [-0.2, -0.15) is 0 Å². The fraction of sp³-hybridized carbons (Fsp3) is 0.444. The van der Waals surface area contributed by atoms with Gasteiger partial charge in [-0.15, -0.1) is 0 Å². The minimum atomic E-state index is -0.368. The number of rotatable bonds is 3. The SMILES string of the molecule is CCCC(O)c1ccncc1Br. The van der Waals surface area contributed by atoms with E-state index in [1.165, 1.54) is 0 Å². The van der Waals surface area contributed by atoms with Gasteiger partial charge in [0.1, 0.15) is 0 Å². The molecular formula is C9H12BrNO. The molecule has 1 unspecified atom stereocenters. The molecule has 3 heteroatoms. The van der Waals surface area contributed by atoms with Gasteiger partial charge in [0.05, 0.1) is 6.10 Å². The molecule has 0 aliphatic carbocycles. The van der Waals surface area contributed by atoms with Gasteiger partial charge in [0.25, 0.3) is 0 Å². The van der Waals surface area contributed by atoms with Crippen molar-refractivity contribution >= 4 is 15.9 Å². The maximum absolute atomic E-state index is 9.64. The van der Waals surface area contributed by atoms with Crippen LogP contribution in [-0.2, 0) is 0 Å². The molecule has 1 heterocycles. The van der Waals surface area contributed by atoms with Crippen LogP contribution in [0, 0.1) is 0 Å². The molecule has 0 fully saturated rings. The van der Waals surface area contributed by atoms with E-state index in [4.69, 9.17) is 0 Å². The maximum Gasteiger partial charge on any atom is 0.0802 e. The van der Waals surface area contributed by atoms with Crippen molar-refractivity contribution < 1.29 is 5.11 Å². The summed E-state index contributed by atoms with van der Waals surface area (Å²) < 4.78 is 0.881. The Labute approximate surface area is 80.8 Å². The van der Waals surface area contributed by atoms with E-state index in [9.17, 15) is 5.11 Å². The summed E-state index contributed by atoms with van der Waals surface area (Å²) in [7, 11) is 0. The average molecular weight is 230 g/mol. The number of nitrogens with zero attached hydrogens (tertiary/aromatic N) is 1. The Morgan fingerprint density at radius 3 is 3.00 bits per heavy atom. The quantitative estimate of drug-likeness (QED) is 0.865. The average Bonchev–Trinajstić information content (AvgIpc) is 2.05. The van der Waals surface area contributed by atoms with E-state index < -0.39 is 0 Å². The molecule has 1 aromatic heterocycles. The lowest BCUT2D eigenvalue weighted by molar-refractivity contribution is 0.165. The van der Waals surface area contributed by atoms with Gasteiger partial charge in [-0.05, 0) is 34.0 Å². The third-order valence-electron chi connectivity index (χ3n) is 1.72. The van der Waals surface area contributed by atoms with Gasteiger partial charge in [0, 0.05) is 16.9 Å². The molecule has 0 saturated carbocycles. The molecule has 0 aliphatic rings. The lowest BCUT2D eigenvalue weighted by Gasteiger charge is -2.10. The van der Waals surface area contributed by atoms with Crippen LogP contribution >= 0.6 is 15.9 Å². The van der Waals surface area contributed by atoms with Crippen molar-refractivity contribution in [2.45, 2.75) is 25.9 Å². The van der Waals surface area contributed by atoms with Crippen LogP contribution < -0.4 is 0 Å². The van der Waals surface area contributed by atoms with Gasteiger partial charge in [0.2, 0.25) is 0 Å². The van der Waals surface area contributed by atoms with E-state index >= 15 is 0 Å². The van der Waals surface area contributed by atoms with Crippen LogP contribution in [0.4, 0.5) is 0 Å². The zero-order valence-corrected chi connectivity index (χ0v) is 8.58. The molecule has 66 valence electrons. The van der Waals surface area contributed by atoms with Crippen molar-refractivity contribution in [1.82, 2.24) is 4.98 Å². The third kappa shape index (κ3) is 2.29. The van der Waals surface area contributed by atoms with E-state index in [1.54, 1.807) is 12.4 Å². The summed E-state index contributed by atoms with van der Waals surface area (Å²) in [5, 5.41) is 9.64. The van der Waals surface area contributed by atoms with Crippen molar-refractivity contribution in [3.05, 3.63) is 28.5 Å². The summed E-state index contributed by atoms with van der Waals surface area (Å²) in [5.74, 6) is 0. The fourth-order valence-corrected chi connectivity index (χ4v) is 1.60. The van der Waals surface area contributed by atoms with Crippen molar-refractivity contribution in [3.8, 4) is 0 Å². The Balaban J connectivity index is 2.79. The van der Waals surface area contributed by atoms with Gasteiger partial charge in [-0.1, -0.05) is 13.3 Å². The zero-order chi connectivity index (χ0) is 8.97. The molecule has 1 aromatic rings. The van der Waals surface area contributed by atoms with Crippen molar-refractivity contribution in [1.29, 1.82) is 0 Å². The topological polar surface area (TPSA) is 33.1 Å². The molecule has 0 amide bonds. The monoisotopic (exact) mass is 229 g/mol. The fourth-order valence-electron chi connectivity index (χ4n) is 1.09. The summed E-state index contributed by atoms with van der Waals surface area (Å²) in [6, 6.07) is 1.84. The summed E-state index contributed by atoms with van der Waals surface area (Å²) in [4.78, 5) is 3.93. The second kappa shape index (κ2) is 4.58. The number of aromatic nitrogens is 1. The highest BCUT2D eigenvalue weighted by Crippen LogP contribution is 2.24. The van der Waals surface area contributed by atoms with Crippen LogP contribution in [0.5, 0.6) is 0 Å². The number of aliphatic hydroxyl groups is 1. The van der Waals surface area contributed by atoms with Gasteiger partial charge >= 0.3 is 0 Å². The molecule has 2 nitrogen and oxygen atoms in total. The normalized spacial score (nSPS) is 12.9. The van der Waals surface area contributed by atoms with Crippen LogP contribution in [0.1, 0.15) is 31.4 Å². The summed E-state index contributed by atoms with van der Waals surface area (Å²) in [6.07, 6.45) is 4.80. The third-order valence-corrected chi connectivity index (χ3v) is 2.39. The van der Waals surface area contributed by atoms with Crippen LogP contribution in [0.2, 0.25) is 0 Å². The summed E-state index contributed by atoms with van der Waals surface area (Å²) in [5.41, 5.74) is 0.923. The van der Waals surface area contributed by atoms with Gasteiger partial charge < -0.3 is 5.11 Å². The molecule has 0 aromatic carbocycles. The second-order valence-electron chi connectivity index (χ2n) is 2.70. The Morgan fingerprint density at radius 1 is 1.67 bits per heavy atom. The number of halogens is 1. The molecule has 0 aliphatic heterocycles. The predicted molar refractivity (Wildman–Crippen MR) is 51.8 cm³/mol. The Kier molecular flexibility index (Phi) is 3.69. The Hall–Kier alpha value is -0.410. The van der Waals surface area contributed by atoms with Crippen molar-refractivity contribution in [3.63, 3.8) is 0 Å². The largest absolute Gasteiger partial charge is 0.388 e. The molecule has 1 rings (SSSR count). The van der Waals surface area contributed by atoms with Crippen LogP contribution in [-0.4, -0.2) is 10.1 Å². The molecule has 1 N–H and O–H groups in total. The molecule has 12 heavy (non-hydrogen) atoms. The highest BCUT2D eigenvalue weighted by molar-refractivity contribution is 9.10. The van der Waals surface area contributed by atoms with Gasteiger partial charge in [0.15, 0.2) is 0 Å². The second-order valence-corrected chi connectivity index (χ2v) is 3.56. The number of aliphatic hydroxyl groups excluding tert-OH is 1. The lowest BCUT2D eigenvalue weighted by atomic mass is 10.1. The number of hydrogen-bond acceptors (Lipinski definition) is 2. The Morgan fingerprint density at radius 2 is 2.42 bits per heavy atom. The van der Waals surface area contributed by atoms with Crippen LogP contribution in [0.3, 0.4) is 0 Å². The predicted octanol–water partition coefficient (Wildman–Crippen LogP) is 2.68. The van der Waals surface area contributed by atoms with Crippen LogP contribution in [0.15, 0.2) is 22.9 Å². The van der Waals surface area contributed by atoms with Crippen molar-refractivity contribution in [2.75, 3.05) is 0 Å². The Bertz CT molecular complexity index is 252. The minimum absolute atomic E-state index is 0.368. The maximum atomic E-state index is 9.64. The first-order chi connectivity index (χ1) is 5.75. The molecular weight excluding hydrogens is 218 g/mol. The first-order valence-corrected chi connectivity index (χ1v) is 4.82. The first kappa shape index (κ1) is 9.68. The van der Waals surface area contributed by atoms with E-state index in [-0.39, 0.29) is 6.10 Å². The summed E-state index contributed by atoms with van der Waals surface area (Å²) >= 11 is 3.34. The van der Waals surface area contributed by atoms with E-state index in [0.29, 0.717) is 0 Å². The lowest BCUT2D eigenvalue weighted by Crippen LogP contribution is -1.97. The van der Waals surface area contributed by atoms with Crippen LogP contribution in [0.25, 0.3) is 0 Å².